The van der Waals surface area contributed by atoms with Crippen LogP contribution >= 0.6 is 11.3 Å². The van der Waals surface area contributed by atoms with Crippen molar-refractivity contribution in [1.82, 2.24) is 24.9 Å². The van der Waals surface area contributed by atoms with Gasteiger partial charge in [0.1, 0.15) is 0 Å². The molecule has 0 aliphatic heterocycles. The van der Waals surface area contributed by atoms with E-state index in [9.17, 15) is 9.59 Å². The number of nitrogens with one attached hydrogen (secondary N) is 2. The number of hydrogen-bond acceptors (Lipinski definition) is 5. The fourth-order valence-electron chi connectivity index (χ4n) is 3.87. The molecule has 0 radical (unpaired) electrons. The van der Waals surface area contributed by atoms with Crippen LogP contribution in [-0.4, -0.2) is 59.3 Å². The van der Waals surface area contributed by atoms with Gasteiger partial charge in [0.25, 0.3) is 11.8 Å². The third-order valence-corrected chi connectivity index (χ3v) is 6.89. The van der Waals surface area contributed by atoms with Crippen LogP contribution in [-0.2, 0) is 0 Å². The van der Waals surface area contributed by atoms with Gasteiger partial charge in [0.2, 0.25) is 0 Å². The molecular formula is C25H29N5O2S. The number of rotatable bonds is 9. The summed E-state index contributed by atoms with van der Waals surface area (Å²) in [5, 5.41) is 5.65. The molecule has 8 heteroatoms. The minimum Gasteiger partial charge on any atom is -0.355 e. The molecule has 0 spiro atoms. The molecule has 2 aromatic heterocycles. The highest BCUT2D eigenvalue weighted by molar-refractivity contribution is 7.20. The molecule has 2 aromatic carbocycles. The molecule has 172 valence electrons. The number of carbonyl (C=O) groups excluding carboxylic acids is 2. The van der Waals surface area contributed by atoms with Crippen LogP contribution in [0.4, 0.5) is 0 Å². The number of aromatic nitrogens is 2. The third kappa shape index (κ3) is 4.91. The Morgan fingerprint density at radius 2 is 1.76 bits per heavy atom. The number of amides is 2. The first kappa shape index (κ1) is 22.9. The van der Waals surface area contributed by atoms with Crippen LogP contribution in [0.25, 0.3) is 26.4 Å². The molecule has 0 unspecified atom stereocenters. The zero-order valence-corrected chi connectivity index (χ0v) is 20.0. The number of thiazole rings is 1. The van der Waals surface area contributed by atoms with Crippen LogP contribution < -0.4 is 10.6 Å². The van der Waals surface area contributed by atoms with Crippen LogP contribution in [0.2, 0.25) is 0 Å². The van der Waals surface area contributed by atoms with E-state index in [1.54, 1.807) is 18.4 Å². The molecule has 0 atom stereocenters. The summed E-state index contributed by atoms with van der Waals surface area (Å²) in [4.78, 5) is 33.4. The molecular weight excluding hydrogens is 434 g/mol. The number of carbonyl (C=O) groups is 2. The highest BCUT2D eigenvalue weighted by atomic mass is 32.1. The van der Waals surface area contributed by atoms with Gasteiger partial charge < -0.3 is 15.5 Å². The van der Waals surface area contributed by atoms with Crippen molar-refractivity contribution in [2.45, 2.75) is 20.3 Å². The van der Waals surface area contributed by atoms with Crippen LogP contribution in [0.3, 0.4) is 0 Å². The van der Waals surface area contributed by atoms with E-state index in [4.69, 9.17) is 4.98 Å². The lowest BCUT2D eigenvalue weighted by atomic mass is 10.1. The first-order valence-electron chi connectivity index (χ1n) is 11.3. The molecule has 2 N–H and O–H groups in total. The normalized spacial score (nSPS) is 11.4. The van der Waals surface area contributed by atoms with Gasteiger partial charge in [-0.1, -0.05) is 37.3 Å². The molecule has 4 rings (SSSR count). The van der Waals surface area contributed by atoms with E-state index in [-0.39, 0.29) is 11.8 Å². The van der Waals surface area contributed by atoms with E-state index in [2.05, 4.69) is 35.6 Å². The van der Waals surface area contributed by atoms with Crippen molar-refractivity contribution in [1.29, 1.82) is 0 Å². The van der Waals surface area contributed by atoms with E-state index in [1.807, 2.05) is 46.9 Å². The van der Waals surface area contributed by atoms with Crippen molar-refractivity contribution in [2.24, 2.45) is 0 Å². The molecule has 0 aliphatic carbocycles. The lowest BCUT2D eigenvalue weighted by molar-refractivity contribution is 0.0947. The minimum atomic E-state index is -0.0998. The predicted molar refractivity (Wildman–Crippen MR) is 134 cm³/mol. The Labute approximate surface area is 197 Å². The van der Waals surface area contributed by atoms with Gasteiger partial charge in [-0.3, -0.25) is 14.0 Å². The van der Waals surface area contributed by atoms with Crippen molar-refractivity contribution in [3.8, 4) is 10.4 Å². The molecule has 0 aliphatic rings. The molecule has 2 amide bonds. The summed E-state index contributed by atoms with van der Waals surface area (Å²) in [7, 11) is 1.62. The van der Waals surface area contributed by atoms with E-state index >= 15 is 0 Å². The zero-order chi connectivity index (χ0) is 23.4. The topological polar surface area (TPSA) is 78.7 Å². The Hall–Kier alpha value is -3.23. The summed E-state index contributed by atoms with van der Waals surface area (Å²) < 4.78 is 2.05. The fourth-order valence-corrected chi connectivity index (χ4v) is 4.87. The number of benzene rings is 2. The zero-order valence-electron chi connectivity index (χ0n) is 19.2. The first-order chi connectivity index (χ1) is 16.0. The quantitative estimate of drug-likeness (QED) is 0.367. The Morgan fingerprint density at radius 1 is 1.03 bits per heavy atom. The van der Waals surface area contributed by atoms with E-state index in [0.29, 0.717) is 17.7 Å². The standard InChI is InChI=1S/C25H29N5O2S/c1-4-29(5-2)14-6-13-27-24(32)19-11-12-21-20(15-19)28-25-30(21)16-22(33-25)17-7-9-18(10-8-17)23(31)26-3/h7-12,15-16H,4-6,13-14H2,1-3H3,(H,26,31)(H,27,32). The number of hydrogen-bond donors (Lipinski definition) is 2. The molecule has 0 saturated carbocycles. The van der Waals surface area contributed by atoms with Gasteiger partial charge in [-0.2, -0.15) is 0 Å². The second kappa shape index (κ2) is 10.1. The molecule has 2 heterocycles. The summed E-state index contributed by atoms with van der Waals surface area (Å²) >= 11 is 1.58. The molecule has 33 heavy (non-hydrogen) atoms. The number of fused-ring (bicyclic) bond motifs is 3. The van der Waals surface area contributed by atoms with Crippen LogP contribution in [0.15, 0.2) is 48.7 Å². The van der Waals surface area contributed by atoms with Gasteiger partial charge >= 0.3 is 0 Å². The summed E-state index contributed by atoms with van der Waals surface area (Å²) in [5.74, 6) is -0.165. The summed E-state index contributed by atoms with van der Waals surface area (Å²) in [6.45, 7) is 8.01. The van der Waals surface area contributed by atoms with E-state index in [0.717, 1.165) is 52.5 Å². The highest BCUT2D eigenvalue weighted by Crippen LogP contribution is 2.31. The number of nitrogens with zero attached hydrogens (tertiary/aromatic N) is 3. The Bertz CT molecular complexity index is 1270. The largest absolute Gasteiger partial charge is 0.355 e. The summed E-state index contributed by atoms with van der Waals surface area (Å²) in [6, 6.07) is 13.2. The maximum atomic E-state index is 12.6. The van der Waals surface area contributed by atoms with Crippen molar-refractivity contribution >= 4 is 39.1 Å². The maximum absolute atomic E-state index is 12.6. The molecule has 0 fully saturated rings. The molecule has 0 bridgehead atoms. The third-order valence-electron chi connectivity index (χ3n) is 5.86. The second-order valence-corrected chi connectivity index (χ2v) is 8.87. The van der Waals surface area contributed by atoms with Crippen LogP contribution in [0, 0.1) is 0 Å². The Morgan fingerprint density at radius 3 is 2.45 bits per heavy atom. The summed E-state index contributed by atoms with van der Waals surface area (Å²) in [5.41, 5.74) is 4.06. The smallest absolute Gasteiger partial charge is 0.251 e. The fraction of sp³-hybridized carbons (Fsp3) is 0.320. The van der Waals surface area contributed by atoms with Gasteiger partial charge in [-0.25, -0.2) is 4.98 Å². The lowest BCUT2D eigenvalue weighted by Gasteiger charge is -2.17. The average molecular weight is 464 g/mol. The number of imidazole rings is 1. The van der Waals surface area contributed by atoms with Crippen LogP contribution in [0.1, 0.15) is 41.0 Å². The Kier molecular flexibility index (Phi) is 7.05. The van der Waals surface area contributed by atoms with Crippen LogP contribution in [0.5, 0.6) is 0 Å². The second-order valence-electron chi connectivity index (χ2n) is 7.86. The molecule has 7 nitrogen and oxygen atoms in total. The summed E-state index contributed by atoms with van der Waals surface area (Å²) in [6.07, 6.45) is 2.99. The van der Waals surface area contributed by atoms with Gasteiger partial charge in [-0.15, -0.1) is 0 Å². The van der Waals surface area contributed by atoms with Crippen molar-refractivity contribution in [3.63, 3.8) is 0 Å². The minimum absolute atomic E-state index is 0.0651. The van der Waals surface area contributed by atoms with E-state index in [1.165, 1.54) is 0 Å². The van der Waals surface area contributed by atoms with Crippen molar-refractivity contribution < 1.29 is 9.59 Å². The average Bonchev–Trinajstić information content (AvgIpc) is 3.41. The molecule has 4 aromatic rings. The highest BCUT2D eigenvalue weighted by Gasteiger charge is 2.13. The lowest BCUT2D eigenvalue weighted by Crippen LogP contribution is -2.29. The SMILES string of the molecule is CCN(CC)CCCNC(=O)c1ccc2c(c1)nc1sc(-c3ccc(C(=O)NC)cc3)cn12. The van der Waals surface area contributed by atoms with Gasteiger partial charge in [0.15, 0.2) is 4.96 Å². The maximum Gasteiger partial charge on any atom is 0.251 e. The van der Waals surface area contributed by atoms with Gasteiger partial charge in [0, 0.05) is 30.9 Å². The first-order valence-corrected chi connectivity index (χ1v) is 12.1. The monoisotopic (exact) mass is 463 g/mol. The molecule has 0 saturated heterocycles. The van der Waals surface area contributed by atoms with Crippen molar-refractivity contribution in [3.05, 3.63) is 59.8 Å². The van der Waals surface area contributed by atoms with E-state index < -0.39 is 0 Å². The van der Waals surface area contributed by atoms with Gasteiger partial charge in [-0.05, 0) is 62.0 Å². The Balaban J connectivity index is 1.47. The van der Waals surface area contributed by atoms with Gasteiger partial charge in [0.05, 0.1) is 15.9 Å². The predicted octanol–water partition coefficient (Wildman–Crippen LogP) is 4.04. The van der Waals surface area contributed by atoms with Crippen molar-refractivity contribution in [2.75, 3.05) is 33.2 Å².